The molecule has 24 heavy (non-hydrogen) atoms. The van der Waals surface area contributed by atoms with Gasteiger partial charge in [-0.05, 0) is 32.3 Å². The molecule has 2 aromatic rings. The second-order valence-corrected chi connectivity index (χ2v) is 6.20. The average molecular weight is 329 g/mol. The Morgan fingerprint density at radius 2 is 2.17 bits per heavy atom. The molecule has 2 heterocycles. The molecule has 1 unspecified atom stereocenters. The van der Waals surface area contributed by atoms with Crippen molar-refractivity contribution < 1.29 is 14.3 Å². The fourth-order valence-electron chi connectivity index (χ4n) is 3.04. The number of carbonyl (C=O) groups is 2. The van der Waals surface area contributed by atoms with E-state index in [1.807, 2.05) is 31.2 Å². The van der Waals surface area contributed by atoms with Crippen molar-refractivity contribution in [2.75, 3.05) is 13.2 Å². The van der Waals surface area contributed by atoms with Gasteiger partial charge in [0.1, 0.15) is 0 Å². The number of aryl methyl sites for hydroxylation is 1. The smallest absolute Gasteiger partial charge is 0.247 e. The largest absolute Gasteiger partial charge is 0.376 e. The van der Waals surface area contributed by atoms with Gasteiger partial charge in [-0.25, -0.2) is 0 Å². The van der Waals surface area contributed by atoms with Crippen LogP contribution in [-0.4, -0.2) is 40.9 Å². The molecule has 1 aliphatic heterocycles. The van der Waals surface area contributed by atoms with Gasteiger partial charge in [0.2, 0.25) is 11.8 Å². The van der Waals surface area contributed by atoms with Crippen molar-refractivity contribution in [2.24, 2.45) is 0 Å². The highest BCUT2D eigenvalue weighted by atomic mass is 16.5. The Hall–Kier alpha value is -2.21. The molecule has 6 heteroatoms. The zero-order valence-corrected chi connectivity index (χ0v) is 14.0. The van der Waals surface area contributed by atoms with Gasteiger partial charge in [0.25, 0.3) is 0 Å². The van der Waals surface area contributed by atoms with E-state index in [2.05, 4.69) is 10.4 Å². The summed E-state index contributed by atoms with van der Waals surface area (Å²) < 4.78 is 6.92. The highest BCUT2D eigenvalue weighted by Crippen LogP contribution is 2.18. The molecular weight excluding hydrogens is 306 g/mol. The van der Waals surface area contributed by atoms with E-state index in [0.29, 0.717) is 25.8 Å². The molecule has 1 atom stereocenters. The van der Waals surface area contributed by atoms with Crippen LogP contribution in [0.5, 0.6) is 0 Å². The lowest BCUT2D eigenvalue weighted by Crippen LogP contribution is -2.31. The summed E-state index contributed by atoms with van der Waals surface area (Å²) in [5, 5.41) is 8.19. The zero-order valence-electron chi connectivity index (χ0n) is 14.0. The van der Waals surface area contributed by atoms with Gasteiger partial charge < -0.3 is 10.1 Å². The van der Waals surface area contributed by atoms with E-state index < -0.39 is 0 Å². The van der Waals surface area contributed by atoms with Gasteiger partial charge in [-0.2, -0.15) is 9.78 Å². The van der Waals surface area contributed by atoms with Gasteiger partial charge in [-0.15, -0.1) is 0 Å². The van der Waals surface area contributed by atoms with Crippen LogP contribution in [0.15, 0.2) is 24.3 Å². The summed E-state index contributed by atoms with van der Waals surface area (Å²) in [7, 11) is 0. The van der Waals surface area contributed by atoms with E-state index >= 15 is 0 Å². The van der Waals surface area contributed by atoms with Crippen LogP contribution in [0.25, 0.3) is 10.9 Å². The number of ether oxygens (including phenoxy) is 1. The molecule has 1 saturated heterocycles. The third-order valence-electron chi connectivity index (χ3n) is 4.35. The molecule has 0 radical (unpaired) electrons. The van der Waals surface area contributed by atoms with Crippen LogP contribution in [-0.2, 0) is 9.53 Å². The quantitative estimate of drug-likeness (QED) is 0.883. The maximum absolute atomic E-state index is 12.4. The van der Waals surface area contributed by atoms with Gasteiger partial charge >= 0.3 is 0 Å². The molecule has 0 aliphatic carbocycles. The van der Waals surface area contributed by atoms with Gasteiger partial charge in [-0.1, -0.05) is 18.2 Å². The van der Waals surface area contributed by atoms with Crippen molar-refractivity contribution in [1.82, 2.24) is 15.1 Å². The molecule has 1 aromatic heterocycles. The molecule has 1 fully saturated rings. The minimum Gasteiger partial charge on any atom is -0.376 e. The highest BCUT2D eigenvalue weighted by Gasteiger charge is 2.17. The average Bonchev–Trinajstić information content (AvgIpc) is 3.21. The van der Waals surface area contributed by atoms with Crippen LogP contribution < -0.4 is 5.32 Å². The third-order valence-corrected chi connectivity index (χ3v) is 4.35. The standard InChI is InChI=1S/C18H23N3O3/c1-13-15-7-2-3-8-16(15)21(20-13)18(23)10-4-9-17(22)19-12-14-6-5-11-24-14/h2-3,7-8,14H,4-6,9-12H2,1H3,(H,19,22). The van der Waals surface area contributed by atoms with Crippen LogP contribution in [0.3, 0.4) is 0 Å². The summed E-state index contributed by atoms with van der Waals surface area (Å²) in [6.45, 7) is 3.24. The predicted molar refractivity (Wildman–Crippen MR) is 90.9 cm³/mol. The number of para-hydroxylation sites is 1. The second-order valence-electron chi connectivity index (χ2n) is 6.20. The Morgan fingerprint density at radius 3 is 2.96 bits per heavy atom. The number of nitrogens with zero attached hydrogens (tertiary/aromatic N) is 2. The SMILES string of the molecule is Cc1nn(C(=O)CCCC(=O)NCC2CCCO2)c2ccccc12. The van der Waals surface area contributed by atoms with Crippen LogP contribution in [0.1, 0.15) is 42.6 Å². The minimum atomic E-state index is -0.0776. The number of rotatable bonds is 6. The summed E-state index contributed by atoms with van der Waals surface area (Å²) in [4.78, 5) is 24.2. The van der Waals surface area contributed by atoms with Crippen molar-refractivity contribution in [3.05, 3.63) is 30.0 Å². The monoisotopic (exact) mass is 329 g/mol. The van der Waals surface area contributed by atoms with Crippen molar-refractivity contribution in [1.29, 1.82) is 0 Å². The Balaban J connectivity index is 1.47. The lowest BCUT2D eigenvalue weighted by atomic mass is 10.2. The first kappa shape index (κ1) is 16.6. The number of benzene rings is 1. The van der Waals surface area contributed by atoms with Crippen LogP contribution in [0.2, 0.25) is 0 Å². The highest BCUT2D eigenvalue weighted by molar-refractivity contribution is 5.92. The maximum Gasteiger partial charge on any atom is 0.247 e. The van der Waals surface area contributed by atoms with E-state index in [1.165, 1.54) is 4.68 Å². The molecule has 128 valence electrons. The molecule has 0 bridgehead atoms. The fourth-order valence-corrected chi connectivity index (χ4v) is 3.04. The first-order valence-electron chi connectivity index (χ1n) is 8.51. The number of carbonyl (C=O) groups excluding carboxylic acids is 2. The minimum absolute atomic E-state index is 0.0280. The number of aromatic nitrogens is 2. The zero-order chi connectivity index (χ0) is 16.9. The van der Waals surface area contributed by atoms with Crippen molar-refractivity contribution in [3.63, 3.8) is 0 Å². The molecular formula is C18H23N3O3. The van der Waals surface area contributed by atoms with Crippen LogP contribution in [0.4, 0.5) is 0 Å². The molecule has 1 amide bonds. The van der Waals surface area contributed by atoms with E-state index in [9.17, 15) is 9.59 Å². The summed E-state index contributed by atoms with van der Waals surface area (Å²) in [6.07, 6.45) is 3.38. The lowest BCUT2D eigenvalue weighted by Gasteiger charge is -2.10. The fraction of sp³-hybridized carbons (Fsp3) is 0.500. The Morgan fingerprint density at radius 1 is 1.33 bits per heavy atom. The topological polar surface area (TPSA) is 73.2 Å². The summed E-state index contributed by atoms with van der Waals surface area (Å²) in [5.41, 5.74) is 1.66. The van der Waals surface area contributed by atoms with Crippen molar-refractivity contribution in [2.45, 2.75) is 45.1 Å². The Labute approximate surface area is 141 Å². The molecule has 1 aliphatic rings. The number of hydrogen-bond acceptors (Lipinski definition) is 4. The maximum atomic E-state index is 12.4. The normalized spacial score (nSPS) is 17.3. The Bertz CT molecular complexity index is 732. The summed E-state index contributed by atoms with van der Waals surface area (Å²) in [6, 6.07) is 7.68. The van der Waals surface area contributed by atoms with Gasteiger partial charge in [0.15, 0.2) is 0 Å². The number of nitrogens with one attached hydrogen (secondary N) is 1. The van der Waals surface area contributed by atoms with Crippen LogP contribution >= 0.6 is 0 Å². The van der Waals surface area contributed by atoms with Gasteiger partial charge in [0, 0.05) is 31.4 Å². The van der Waals surface area contributed by atoms with E-state index in [0.717, 1.165) is 36.0 Å². The summed E-state index contributed by atoms with van der Waals surface area (Å²) >= 11 is 0. The first-order chi connectivity index (χ1) is 11.6. The van der Waals surface area contributed by atoms with E-state index in [-0.39, 0.29) is 17.9 Å². The second kappa shape index (κ2) is 7.57. The van der Waals surface area contributed by atoms with Crippen molar-refractivity contribution in [3.8, 4) is 0 Å². The number of amides is 1. The molecule has 1 aromatic carbocycles. The molecule has 0 spiro atoms. The first-order valence-corrected chi connectivity index (χ1v) is 8.51. The number of fused-ring (bicyclic) bond motifs is 1. The molecule has 1 N–H and O–H groups in total. The summed E-state index contributed by atoms with van der Waals surface area (Å²) in [5.74, 6) is -0.106. The molecule has 3 rings (SSSR count). The van der Waals surface area contributed by atoms with Crippen molar-refractivity contribution >= 4 is 22.7 Å². The molecule has 6 nitrogen and oxygen atoms in total. The Kier molecular flexibility index (Phi) is 5.25. The van der Waals surface area contributed by atoms with Gasteiger partial charge in [-0.3, -0.25) is 9.59 Å². The van der Waals surface area contributed by atoms with Gasteiger partial charge in [0.05, 0.1) is 17.3 Å². The predicted octanol–water partition coefficient (Wildman–Crippen LogP) is 2.45. The van der Waals surface area contributed by atoms with Crippen LogP contribution in [0, 0.1) is 6.92 Å². The number of hydrogen-bond donors (Lipinski definition) is 1. The lowest BCUT2D eigenvalue weighted by molar-refractivity contribution is -0.121. The molecule has 0 saturated carbocycles. The third kappa shape index (κ3) is 3.82. The van der Waals surface area contributed by atoms with E-state index in [4.69, 9.17) is 4.74 Å². The van der Waals surface area contributed by atoms with E-state index in [1.54, 1.807) is 0 Å².